The Morgan fingerprint density at radius 1 is 0.652 bits per heavy atom. The third-order valence-corrected chi connectivity index (χ3v) is 11.5. The lowest BCUT2D eigenvalue weighted by Crippen LogP contribution is -2.65. The number of aromatic hydroxyl groups is 3. The zero-order valence-corrected chi connectivity index (χ0v) is 36.3. The number of hydrogen-bond donors (Lipinski definition) is 13. The number of carbonyl (C=O) groups excluding carboxylic acids is 1. The van der Waals surface area contributed by atoms with Crippen LogP contribution in [-0.4, -0.2) is 199 Å². The Morgan fingerprint density at radius 2 is 1.19 bits per heavy atom. The molecule has 1 aromatic heterocycles. The summed E-state index contributed by atoms with van der Waals surface area (Å²) in [7, 11) is 2.57. The van der Waals surface area contributed by atoms with Gasteiger partial charge in [-0.3, -0.25) is 4.79 Å². The molecule has 7 rings (SSSR count). The fourth-order valence-electron chi connectivity index (χ4n) is 7.74. The fourth-order valence-corrected chi connectivity index (χ4v) is 7.74. The topological polar surface area (TPSA) is 393 Å². The number of phenolic OH excluding ortho intramolecular Hbond substituents is 3. The van der Waals surface area contributed by atoms with E-state index in [4.69, 9.17) is 47.0 Å². The molecule has 4 heterocycles. The third kappa shape index (κ3) is 10.4. The SMILES string of the molecule is COc1cc(/C=C/C(=O)O[C@@H]2C(O)[C@@H](O)C(CO)O[C@H]2Oc2c(-c3ccc(O)cc3)oc3cc(O[C@@H]4OC(CO)[C@H](O)[C@H](O)C4O[C@@H]4OC(CO)[C@@H](O)[C@H](O)C4O)cc(O)c3c2=O)cc(OC)c1O. The largest absolute Gasteiger partial charge is 0.508 e. The van der Waals surface area contributed by atoms with Crippen LogP contribution in [-0.2, 0) is 28.5 Å². The van der Waals surface area contributed by atoms with Crippen molar-refractivity contribution < 1.29 is 118 Å². The molecule has 4 aromatic rings. The highest BCUT2D eigenvalue weighted by Gasteiger charge is 2.52. The summed E-state index contributed by atoms with van der Waals surface area (Å²) in [5.41, 5.74) is -1.25. The van der Waals surface area contributed by atoms with Gasteiger partial charge < -0.3 is 113 Å². The molecular formula is C44H50O25. The highest BCUT2D eigenvalue weighted by Crippen LogP contribution is 2.40. The molecule has 0 saturated carbocycles. The standard InChI is InChI=1S/C44H50O25/c1-60-22-9-16(10-23(61-2)29(22)51)3-8-27(50)67-40-35(57)31(53)26(15-47)66-44(40)68-39-33(55)28-20(49)11-19(12-21(28)63-38(39)17-4-6-18(48)7-5-17)62-43-41(36(58)32(54)25(14-46)65-43)69-42-37(59)34(56)30(52)24(13-45)64-42/h3-12,24-26,30-32,34-37,40-49,51-54,56-59H,13-15H2,1-2H3/b8-3+/t24?,25?,26?,30-,31+,32+,34+,35?,36+,37?,40-,41?,42+,43-,44+/m1/s1. The number of ether oxygens (including phenoxy) is 9. The van der Waals surface area contributed by atoms with E-state index in [2.05, 4.69) is 0 Å². The van der Waals surface area contributed by atoms with Crippen molar-refractivity contribution in [2.45, 2.75) is 92.1 Å². The second kappa shape index (κ2) is 21.4. The molecule has 0 aliphatic carbocycles. The van der Waals surface area contributed by atoms with Crippen LogP contribution in [0.25, 0.3) is 28.4 Å². The Hall–Kier alpha value is -5.88. The second-order valence-corrected chi connectivity index (χ2v) is 15.9. The molecule has 0 radical (unpaired) electrons. The molecule has 25 heteroatoms. The molecule has 0 bridgehead atoms. The van der Waals surface area contributed by atoms with Gasteiger partial charge in [-0.2, -0.15) is 0 Å². The number of rotatable bonds is 15. The summed E-state index contributed by atoms with van der Waals surface area (Å²) in [6.45, 7) is -2.62. The van der Waals surface area contributed by atoms with E-state index in [1.54, 1.807) is 0 Å². The number of esters is 1. The van der Waals surface area contributed by atoms with Crippen molar-refractivity contribution in [3.63, 3.8) is 0 Å². The van der Waals surface area contributed by atoms with Crippen molar-refractivity contribution >= 4 is 23.0 Å². The predicted octanol–water partition coefficient (Wildman–Crippen LogP) is -2.96. The quantitative estimate of drug-likeness (QED) is 0.0418. The molecule has 13 N–H and O–H groups in total. The van der Waals surface area contributed by atoms with E-state index in [1.807, 2.05) is 0 Å². The number of benzene rings is 3. The van der Waals surface area contributed by atoms with Gasteiger partial charge in [0.15, 0.2) is 35.8 Å². The van der Waals surface area contributed by atoms with Crippen molar-refractivity contribution in [1.29, 1.82) is 0 Å². The van der Waals surface area contributed by atoms with Gasteiger partial charge in [0.25, 0.3) is 0 Å². The van der Waals surface area contributed by atoms with Gasteiger partial charge in [-0.25, -0.2) is 4.79 Å². The summed E-state index contributed by atoms with van der Waals surface area (Å²) in [4.78, 5) is 27.8. The van der Waals surface area contributed by atoms with E-state index in [0.717, 1.165) is 18.2 Å². The molecule has 3 saturated heterocycles. The van der Waals surface area contributed by atoms with E-state index < -0.39 is 152 Å². The van der Waals surface area contributed by atoms with Gasteiger partial charge >= 0.3 is 5.97 Å². The van der Waals surface area contributed by atoms with Gasteiger partial charge in [-0.1, -0.05) is 0 Å². The number of aliphatic hydroxyl groups excluding tert-OH is 10. The highest BCUT2D eigenvalue weighted by molar-refractivity contribution is 5.89. The summed E-state index contributed by atoms with van der Waals surface area (Å²) in [6.07, 6.45) is -25.3. The van der Waals surface area contributed by atoms with Crippen molar-refractivity contribution in [2.75, 3.05) is 34.0 Å². The summed E-state index contributed by atoms with van der Waals surface area (Å²) in [6, 6.07) is 9.65. The van der Waals surface area contributed by atoms with Crippen LogP contribution < -0.4 is 24.4 Å². The van der Waals surface area contributed by atoms with Crippen LogP contribution in [0.1, 0.15) is 5.56 Å². The molecule has 6 unspecified atom stereocenters. The zero-order chi connectivity index (χ0) is 50.0. The van der Waals surface area contributed by atoms with Gasteiger partial charge in [-0.15, -0.1) is 0 Å². The molecule has 3 fully saturated rings. The van der Waals surface area contributed by atoms with E-state index >= 15 is 0 Å². The van der Waals surface area contributed by atoms with Crippen molar-refractivity contribution in [2.24, 2.45) is 0 Å². The van der Waals surface area contributed by atoms with Gasteiger partial charge in [0.1, 0.15) is 89.3 Å². The third-order valence-electron chi connectivity index (χ3n) is 11.5. The Kier molecular flexibility index (Phi) is 15.8. The Labute approximate surface area is 388 Å². The maximum Gasteiger partial charge on any atom is 0.331 e. The summed E-state index contributed by atoms with van der Waals surface area (Å²) >= 11 is 0. The minimum absolute atomic E-state index is 0.00177. The number of methoxy groups -OCH3 is 2. The van der Waals surface area contributed by atoms with E-state index in [1.165, 1.54) is 56.7 Å². The van der Waals surface area contributed by atoms with E-state index in [-0.39, 0.29) is 39.9 Å². The maximum absolute atomic E-state index is 14.5. The average Bonchev–Trinajstić information content (AvgIpc) is 3.33. The molecule has 25 nitrogen and oxygen atoms in total. The van der Waals surface area contributed by atoms with Crippen LogP contribution in [0.5, 0.6) is 40.2 Å². The molecule has 3 aromatic carbocycles. The molecule has 3 aliphatic rings. The maximum atomic E-state index is 14.5. The molecular weight excluding hydrogens is 928 g/mol. The van der Waals surface area contributed by atoms with E-state index in [9.17, 15) is 76.0 Å². The average molecular weight is 979 g/mol. The second-order valence-electron chi connectivity index (χ2n) is 15.9. The smallest absolute Gasteiger partial charge is 0.331 e. The molecule has 3 aliphatic heterocycles. The van der Waals surface area contributed by atoms with Crippen molar-refractivity contribution in [1.82, 2.24) is 0 Å². The monoisotopic (exact) mass is 978 g/mol. The van der Waals surface area contributed by atoms with Crippen LogP contribution in [0.3, 0.4) is 0 Å². The lowest BCUT2D eigenvalue weighted by Gasteiger charge is -2.45. The number of aliphatic hydroxyl groups is 10. The van der Waals surface area contributed by atoms with Crippen LogP contribution in [0, 0.1) is 0 Å². The lowest BCUT2D eigenvalue weighted by molar-refractivity contribution is -0.357. The summed E-state index contributed by atoms with van der Waals surface area (Å²) < 4.78 is 56.3. The lowest BCUT2D eigenvalue weighted by atomic mass is 9.97. The minimum Gasteiger partial charge on any atom is -0.508 e. The van der Waals surface area contributed by atoms with Crippen molar-refractivity contribution in [3.8, 4) is 51.6 Å². The van der Waals surface area contributed by atoms with Gasteiger partial charge in [0, 0.05) is 23.8 Å². The first kappa shape index (κ1) is 51.0. The molecule has 69 heavy (non-hydrogen) atoms. The highest BCUT2D eigenvalue weighted by atomic mass is 16.8. The molecule has 15 atom stereocenters. The minimum atomic E-state index is -2.02. The van der Waals surface area contributed by atoms with Gasteiger partial charge in [0.05, 0.1) is 34.0 Å². The van der Waals surface area contributed by atoms with Crippen LogP contribution in [0.2, 0.25) is 0 Å². The van der Waals surface area contributed by atoms with Crippen LogP contribution >= 0.6 is 0 Å². The first-order chi connectivity index (χ1) is 32.9. The molecule has 376 valence electrons. The Balaban J connectivity index is 1.24. The first-order valence-electron chi connectivity index (χ1n) is 20.9. The number of carbonyl (C=O) groups is 1. The number of phenols is 3. The molecule has 0 amide bonds. The van der Waals surface area contributed by atoms with Crippen LogP contribution in [0.15, 0.2) is 63.8 Å². The number of fused-ring (bicyclic) bond motifs is 1. The fraction of sp³-hybridized carbons (Fsp3) is 0.455. The Morgan fingerprint density at radius 3 is 1.75 bits per heavy atom. The predicted molar refractivity (Wildman–Crippen MR) is 227 cm³/mol. The summed E-state index contributed by atoms with van der Waals surface area (Å²) in [5.74, 6) is -4.12. The van der Waals surface area contributed by atoms with Crippen molar-refractivity contribution in [3.05, 3.63) is 70.4 Å². The molecule has 0 spiro atoms. The Bertz CT molecular complexity index is 2490. The first-order valence-corrected chi connectivity index (χ1v) is 20.9. The normalized spacial score (nSPS) is 31.6. The van der Waals surface area contributed by atoms with Gasteiger partial charge in [0.2, 0.25) is 29.5 Å². The van der Waals surface area contributed by atoms with E-state index in [0.29, 0.717) is 0 Å². The zero-order valence-electron chi connectivity index (χ0n) is 36.3. The number of hydrogen-bond acceptors (Lipinski definition) is 25. The van der Waals surface area contributed by atoms with Gasteiger partial charge in [-0.05, 0) is 48.0 Å². The van der Waals surface area contributed by atoms with Crippen LogP contribution in [0.4, 0.5) is 0 Å². The summed E-state index contributed by atoms with van der Waals surface area (Å²) in [5, 5.41) is 136.